The summed E-state index contributed by atoms with van der Waals surface area (Å²) in [5.74, 6) is -0.545. The molecule has 0 aromatic carbocycles. The van der Waals surface area contributed by atoms with Gasteiger partial charge in [0.05, 0.1) is 13.2 Å². The molecule has 304 valence electrons. The van der Waals surface area contributed by atoms with Crippen molar-refractivity contribution in [2.45, 2.75) is 168 Å². The number of hydrogen-bond acceptors (Lipinski definition) is 5. The number of unbranched alkanes of at least 4 members (excludes halogenated alkanes) is 8. The van der Waals surface area contributed by atoms with Crippen molar-refractivity contribution in [2.75, 3.05) is 19.8 Å². The largest absolute Gasteiger partial charge is 0.462 e. The summed E-state index contributed by atoms with van der Waals surface area (Å²) < 4.78 is 17.1. The van der Waals surface area contributed by atoms with Crippen molar-refractivity contribution < 1.29 is 23.8 Å². The summed E-state index contributed by atoms with van der Waals surface area (Å²) in [5, 5.41) is 0. The van der Waals surface area contributed by atoms with Crippen molar-refractivity contribution in [1.82, 2.24) is 0 Å². The van der Waals surface area contributed by atoms with Crippen LogP contribution in [0.5, 0.6) is 0 Å². The molecule has 5 nitrogen and oxygen atoms in total. The molecule has 0 aromatic rings. The summed E-state index contributed by atoms with van der Waals surface area (Å²) in [4.78, 5) is 25.1. The number of carbonyl (C=O) groups excluding carboxylic acids is 2. The molecule has 5 heteroatoms. The highest BCUT2D eigenvalue weighted by Crippen LogP contribution is 2.12. The summed E-state index contributed by atoms with van der Waals surface area (Å²) in [6.07, 6.45) is 59.8. The zero-order chi connectivity index (χ0) is 39.3. The summed E-state index contributed by atoms with van der Waals surface area (Å²) in [7, 11) is 0. The molecular formula is C49H78O5. The topological polar surface area (TPSA) is 61.8 Å². The van der Waals surface area contributed by atoms with Crippen LogP contribution in [-0.2, 0) is 23.8 Å². The lowest BCUT2D eigenvalue weighted by Crippen LogP contribution is -2.30. The van der Waals surface area contributed by atoms with Gasteiger partial charge in [-0.05, 0) is 77.0 Å². The van der Waals surface area contributed by atoms with Crippen LogP contribution in [0.25, 0.3) is 0 Å². The number of rotatable bonds is 37. The molecule has 0 rings (SSSR count). The molecule has 0 bridgehead atoms. The number of allylic oxidation sites excluding steroid dienone is 17. The third-order valence-electron chi connectivity index (χ3n) is 8.34. The Morgan fingerprint density at radius 2 is 0.833 bits per heavy atom. The Kier molecular flexibility index (Phi) is 41.2. The van der Waals surface area contributed by atoms with Crippen molar-refractivity contribution in [3.8, 4) is 0 Å². The van der Waals surface area contributed by atoms with E-state index in [0.717, 1.165) is 83.5 Å². The monoisotopic (exact) mass is 747 g/mol. The molecule has 0 aliphatic rings. The van der Waals surface area contributed by atoms with Crippen LogP contribution in [0.15, 0.2) is 109 Å². The average Bonchev–Trinajstić information content (AvgIpc) is 3.17. The average molecular weight is 747 g/mol. The van der Waals surface area contributed by atoms with Gasteiger partial charge in [-0.2, -0.15) is 0 Å². The summed E-state index contributed by atoms with van der Waals surface area (Å²) in [5.41, 5.74) is 0. The Morgan fingerprint density at radius 3 is 1.30 bits per heavy atom. The van der Waals surface area contributed by atoms with Crippen LogP contribution in [0, 0.1) is 0 Å². The van der Waals surface area contributed by atoms with Gasteiger partial charge in [0.25, 0.3) is 0 Å². The maximum Gasteiger partial charge on any atom is 0.306 e. The Labute approximate surface area is 332 Å². The van der Waals surface area contributed by atoms with Crippen LogP contribution in [0.1, 0.15) is 162 Å². The first-order valence-electron chi connectivity index (χ1n) is 21.4. The highest BCUT2D eigenvalue weighted by Gasteiger charge is 2.17. The predicted molar refractivity (Wildman–Crippen MR) is 233 cm³/mol. The molecule has 0 amide bonds. The zero-order valence-electron chi connectivity index (χ0n) is 34.7. The Morgan fingerprint density at radius 1 is 0.426 bits per heavy atom. The first-order valence-corrected chi connectivity index (χ1v) is 21.4. The van der Waals surface area contributed by atoms with Crippen molar-refractivity contribution >= 4 is 11.9 Å². The Balaban J connectivity index is 4.48. The number of carbonyl (C=O) groups is 2. The Hall–Kier alpha value is -3.44. The van der Waals surface area contributed by atoms with Crippen LogP contribution in [0.3, 0.4) is 0 Å². The predicted octanol–water partition coefficient (Wildman–Crippen LogP) is 14.1. The maximum atomic E-state index is 12.6. The SMILES string of the molecule is CC/C=C\C/C=C\C/C=C\C/C=C\C/C=C\CCOCC(COC(=O)CC/C=C\C/C=C\C/C=C\C/C=C\CC)OC(=O)CCCCCCCCCCC. The van der Waals surface area contributed by atoms with E-state index in [9.17, 15) is 9.59 Å². The quantitative estimate of drug-likeness (QED) is 0.0360. The fourth-order valence-corrected chi connectivity index (χ4v) is 5.23. The normalized spacial score (nSPS) is 13.3. The summed E-state index contributed by atoms with van der Waals surface area (Å²) in [6, 6.07) is 0. The van der Waals surface area contributed by atoms with E-state index in [1.807, 2.05) is 6.08 Å². The lowest BCUT2D eigenvalue weighted by Gasteiger charge is -2.18. The molecule has 0 N–H and O–H groups in total. The highest BCUT2D eigenvalue weighted by atomic mass is 16.6. The van der Waals surface area contributed by atoms with Crippen LogP contribution >= 0.6 is 0 Å². The van der Waals surface area contributed by atoms with E-state index in [1.165, 1.54) is 38.5 Å². The van der Waals surface area contributed by atoms with Crippen molar-refractivity contribution in [1.29, 1.82) is 0 Å². The fraction of sp³-hybridized carbons (Fsp3) is 0.592. The van der Waals surface area contributed by atoms with Gasteiger partial charge in [0, 0.05) is 12.8 Å². The minimum absolute atomic E-state index is 0.0121. The van der Waals surface area contributed by atoms with Crippen molar-refractivity contribution in [3.05, 3.63) is 109 Å². The van der Waals surface area contributed by atoms with E-state index in [4.69, 9.17) is 14.2 Å². The number of hydrogen-bond donors (Lipinski definition) is 0. The van der Waals surface area contributed by atoms with E-state index in [0.29, 0.717) is 19.4 Å². The summed E-state index contributed by atoms with van der Waals surface area (Å²) in [6.45, 7) is 7.26. The Bertz CT molecular complexity index is 1120. The van der Waals surface area contributed by atoms with E-state index in [2.05, 4.69) is 124 Å². The molecule has 1 atom stereocenters. The van der Waals surface area contributed by atoms with Crippen LogP contribution in [-0.4, -0.2) is 37.9 Å². The lowest BCUT2D eigenvalue weighted by molar-refractivity contribution is -0.162. The highest BCUT2D eigenvalue weighted by molar-refractivity contribution is 5.70. The van der Waals surface area contributed by atoms with Crippen LogP contribution < -0.4 is 0 Å². The standard InChI is InChI=1S/C49H78O5/c1-4-7-10-13-16-19-21-23-24-25-27-29-32-35-38-41-44-52-45-47(54-49(51)43-40-37-34-30-18-15-12-9-6-3)46-53-48(50)42-39-36-33-31-28-26-22-20-17-14-11-8-5-2/h7-8,10-11,16-17,19-20,23-24,26-29,33,35-36,38,47H,4-6,9,12-15,18,21-22,25,30-32,34,37,39-46H2,1-3H3/b10-7-,11-8-,19-16-,20-17-,24-23-,28-26-,29-27-,36-33-,38-35-. The second kappa shape index (κ2) is 44.0. The van der Waals surface area contributed by atoms with Gasteiger partial charge in [-0.15, -0.1) is 0 Å². The minimum atomic E-state index is -0.606. The van der Waals surface area contributed by atoms with Gasteiger partial charge in [-0.1, -0.05) is 182 Å². The van der Waals surface area contributed by atoms with Gasteiger partial charge in [0.1, 0.15) is 6.61 Å². The molecule has 0 radical (unpaired) electrons. The molecule has 0 aliphatic heterocycles. The van der Waals surface area contributed by atoms with Gasteiger partial charge < -0.3 is 14.2 Å². The van der Waals surface area contributed by atoms with Gasteiger partial charge in [0.15, 0.2) is 6.10 Å². The van der Waals surface area contributed by atoms with Crippen LogP contribution in [0.2, 0.25) is 0 Å². The van der Waals surface area contributed by atoms with Crippen molar-refractivity contribution in [3.63, 3.8) is 0 Å². The minimum Gasteiger partial charge on any atom is -0.462 e. The molecular weight excluding hydrogens is 669 g/mol. The van der Waals surface area contributed by atoms with Gasteiger partial charge >= 0.3 is 11.9 Å². The molecule has 0 spiro atoms. The van der Waals surface area contributed by atoms with Crippen LogP contribution in [0.4, 0.5) is 0 Å². The number of ether oxygens (including phenoxy) is 3. The smallest absolute Gasteiger partial charge is 0.306 e. The zero-order valence-corrected chi connectivity index (χ0v) is 34.7. The van der Waals surface area contributed by atoms with E-state index in [-0.39, 0.29) is 31.6 Å². The van der Waals surface area contributed by atoms with Crippen molar-refractivity contribution in [2.24, 2.45) is 0 Å². The fourth-order valence-electron chi connectivity index (χ4n) is 5.23. The molecule has 0 saturated carbocycles. The van der Waals surface area contributed by atoms with Gasteiger partial charge in [-0.3, -0.25) is 9.59 Å². The summed E-state index contributed by atoms with van der Waals surface area (Å²) >= 11 is 0. The maximum absolute atomic E-state index is 12.6. The first-order chi connectivity index (χ1) is 26.6. The molecule has 0 heterocycles. The molecule has 0 saturated heterocycles. The molecule has 54 heavy (non-hydrogen) atoms. The molecule has 0 fully saturated rings. The van der Waals surface area contributed by atoms with Gasteiger partial charge in [-0.25, -0.2) is 0 Å². The molecule has 0 aromatic heterocycles. The second-order valence-electron chi connectivity index (χ2n) is 13.5. The molecule has 0 aliphatic carbocycles. The van der Waals surface area contributed by atoms with E-state index < -0.39 is 6.10 Å². The van der Waals surface area contributed by atoms with Gasteiger partial charge in [0.2, 0.25) is 0 Å². The third kappa shape index (κ3) is 41.3. The third-order valence-corrected chi connectivity index (χ3v) is 8.34. The molecule has 1 unspecified atom stereocenters. The lowest BCUT2D eigenvalue weighted by atomic mass is 10.1. The first kappa shape index (κ1) is 50.6. The van der Waals surface area contributed by atoms with E-state index >= 15 is 0 Å². The second-order valence-corrected chi connectivity index (χ2v) is 13.5. The van der Waals surface area contributed by atoms with E-state index in [1.54, 1.807) is 0 Å². The number of esters is 2.